The highest BCUT2D eigenvalue weighted by atomic mass is 32.1. The van der Waals surface area contributed by atoms with Gasteiger partial charge in [0.05, 0.1) is 10.6 Å². The number of carbonyl (C=O) groups excluding carboxylic acids is 1. The van der Waals surface area contributed by atoms with E-state index in [0.29, 0.717) is 11.6 Å². The van der Waals surface area contributed by atoms with Crippen LogP contribution in [0.2, 0.25) is 0 Å². The molecular formula is C19H17N3OS2. The standard InChI is InChI=1S/C19H17N3OS2/c23-18(22-19-21-16(12-25-19)17-8-4-10-24-17)9-3-5-13-11-20-15-7-2-1-6-14(13)15/h1-2,4,6-8,10-12,20H,3,5,9H2,(H,21,22,23). The van der Waals surface area contributed by atoms with Gasteiger partial charge in [-0.3, -0.25) is 4.79 Å². The van der Waals surface area contributed by atoms with E-state index < -0.39 is 0 Å². The average Bonchev–Trinajstić information content (AvgIpc) is 3.35. The third-order valence-corrected chi connectivity index (χ3v) is 5.70. The molecule has 0 aliphatic rings. The van der Waals surface area contributed by atoms with Crippen molar-refractivity contribution in [3.63, 3.8) is 0 Å². The molecule has 2 N–H and O–H groups in total. The Morgan fingerprint density at radius 3 is 2.96 bits per heavy atom. The SMILES string of the molecule is O=C(CCCc1c[nH]c2ccccc12)Nc1nc(-c2cccs2)cs1. The minimum atomic E-state index is 0.0203. The summed E-state index contributed by atoms with van der Waals surface area (Å²) in [5.74, 6) is 0.0203. The number of thiazole rings is 1. The van der Waals surface area contributed by atoms with Crippen LogP contribution >= 0.6 is 22.7 Å². The smallest absolute Gasteiger partial charge is 0.226 e. The highest BCUT2D eigenvalue weighted by molar-refractivity contribution is 7.16. The fraction of sp³-hybridized carbons (Fsp3) is 0.158. The molecule has 3 aromatic heterocycles. The molecule has 0 bridgehead atoms. The lowest BCUT2D eigenvalue weighted by atomic mass is 10.1. The molecule has 126 valence electrons. The molecule has 3 heterocycles. The van der Waals surface area contributed by atoms with Crippen molar-refractivity contribution >= 4 is 44.6 Å². The second-order valence-electron chi connectivity index (χ2n) is 5.78. The number of rotatable bonds is 6. The van der Waals surface area contributed by atoms with Gasteiger partial charge in [-0.2, -0.15) is 0 Å². The molecule has 1 amide bonds. The van der Waals surface area contributed by atoms with Crippen molar-refractivity contribution in [1.82, 2.24) is 9.97 Å². The normalized spacial score (nSPS) is 11.0. The Labute approximate surface area is 153 Å². The van der Waals surface area contributed by atoms with Crippen LogP contribution in [0.1, 0.15) is 18.4 Å². The molecule has 0 unspecified atom stereocenters. The van der Waals surface area contributed by atoms with Crippen LogP contribution < -0.4 is 5.32 Å². The van der Waals surface area contributed by atoms with Crippen molar-refractivity contribution in [3.05, 3.63) is 58.9 Å². The molecule has 0 spiro atoms. The first-order valence-electron chi connectivity index (χ1n) is 8.14. The Morgan fingerprint density at radius 2 is 2.08 bits per heavy atom. The highest BCUT2D eigenvalue weighted by Crippen LogP contribution is 2.28. The van der Waals surface area contributed by atoms with Crippen molar-refractivity contribution in [1.29, 1.82) is 0 Å². The fourth-order valence-electron chi connectivity index (χ4n) is 2.83. The maximum Gasteiger partial charge on any atom is 0.226 e. The summed E-state index contributed by atoms with van der Waals surface area (Å²) in [5.41, 5.74) is 3.33. The van der Waals surface area contributed by atoms with E-state index in [4.69, 9.17) is 0 Å². The summed E-state index contributed by atoms with van der Waals surface area (Å²) in [6.07, 6.45) is 4.23. The number of aryl methyl sites for hydroxylation is 1. The van der Waals surface area contributed by atoms with Gasteiger partial charge >= 0.3 is 0 Å². The minimum Gasteiger partial charge on any atom is -0.361 e. The molecule has 4 rings (SSSR count). The summed E-state index contributed by atoms with van der Waals surface area (Å²) in [5, 5.41) is 8.82. The number of hydrogen-bond acceptors (Lipinski definition) is 4. The summed E-state index contributed by atoms with van der Waals surface area (Å²) in [6.45, 7) is 0. The van der Waals surface area contributed by atoms with Crippen molar-refractivity contribution in [2.45, 2.75) is 19.3 Å². The zero-order valence-electron chi connectivity index (χ0n) is 13.5. The lowest BCUT2D eigenvalue weighted by Gasteiger charge is -2.02. The summed E-state index contributed by atoms with van der Waals surface area (Å²) < 4.78 is 0. The minimum absolute atomic E-state index is 0.0203. The summed E-state index contributed by atoms with van der Waals surface area (Å²) in [7, 11) is 0. The van der Waals surface area contributed by atoms with E-state index in [0.717, 1.165) is 28.9 Å². The zero-order chi connectivity index (χ0) is 17.1. The molecule has 25 heavy (non-hydrogen) atoms. The number of nitrogens with zero attached hydrogens (tertiary/aromatic N) is 1. The number of carbonyl (C=O) groups is 1. The lowest BCUT2D eigenvalue weighted by Crippen LogP contribution is -2.11. The predicted molar refractivity (Wildman–Crippen MR) is 105 cm³/mol. The number of aromatic amines is 1. The molecule has 4 aromatic rings. The number of H-pyrrole nitrogens is 1. The number of fused-ring (bicyclic) bond motifs is 1. The van der Waals surface area contributed by atoms with E-state index >= 15 is 0 Å². The predicted octanol–water partition coefficient (Wildman–Crippen LogP) is 5.31. The maximum absolute atomic E-state index is 12.2. The number of amides is 1. The van der Waals surface area contributed by atoms with Crippen LogP contribution in [0.3, 0.4) is 0 Å². The first kappa shape index (κ1) is 16.1. The number of anilines is 1. The van der Waals surface area contributed by atoms with Crippen LogP contribution in [0.15, 0.2) is 53.4 Å². The van der Waals surface area contributed by atoms with Gasteiger partial charge in [0.15, 0.2) is 5.13 Å². The van der Waals surface area contributed by atoms with E-state index in [2.05, 4.69) is 27.4 Å². The molecule has 0 saturated carbocycles. The summed E-state index contributed by atoms with van der Waals surface area (Å²) in [4.78, 5) is 21.0. The van der Waals surface area contributed by atoms with Gasteiger partial charge in [-0.1, -0.05) is 24.3 Å². The van der Waals surface area contributed by atoms with Crippen molar-refractivity contribution < 1.29 is 4.79 Å². The molecule has 0 fully saturated rings. The zero-order valence-corrected chi connectivity index (χ0v) is 15.1. The third-order valence-electron chi connectivity index (χ3n) is 4.05. The van der Waals surface area contributed by atoms with Crippen LogP contribution in [-0.4, -0.2) is 15.9 Å². The Balaban J connectivity index is 1.31. The number of para-hydroxylation sites is 1. The first-order valence-corrected chi connectivity index (χ1v) is 9.90. The van der Waals surface area contributed by atoms with Crippen LogP contribution in [0, 0.1) is 0 Å². The quantitative estimate of drug-likeness (QED) is 0.485. The largest absolute Gasteiger partial charge is 0.361 e. The molecule has 0 atom stereocenters. The van der Waals surface area contributed by atoms with Crippen molar-refractivity contribution in [2.24, 2.45) is 0 Å². The van der Waals surface area contributed by atoms with Crippen LogP contribution in [0.25, 0.3) is 21.5 Å². The lowest BCUT2D eigenvalue weighted by molar-refractivity contribution is -0.116. The molecule has 0 radical (unpaired) electrons. The molecule has 4 nitrogen and oxygen atoms in total. The van der Waals surface area contributed by atoms with E-state index in [-0.39, 0.29) is 5.91 Å². The van der Waals surface area contributed by atoms with Gasteiger partial charge in [0, 0.05) is 28.9 Å². The monoisotopic (exact) mass is 367 g/mol. The topological polar surface area (TPSA) is 57.8 Å². The second kappa shape index (κ2) is 7.21. The van der Waals surface area contributed by atoms with Gasteiger partial charge in [0.1, 0.15) is 0 Å². The molecule has 1 aromatic carbocycles. The van der Waals surface area contributed by atoms with Gasteiger partial charge in [0.2, 0.25) is 5.91 Å². The number of benzene rings is 1. The maximum atomic E-state index is 12.2. The molecule has 0 aliphatic heterocycles. The number of aromatic nitrogens is 2. The second-order valence-corrected chi connectivity index (χ2v) is 7.58. The van der Waals surface area contributed by atoms with Crippen LogP contribution in [0.5, 0.6) is 0 Å². The molecular weight excluding hydrogens is 350 g/mol. The Hall–Kier alpha value is -2.44. The Bertz CT molecular complexity index is 985. The van der Waals surface area contributed by atoms with Gasteiger partial charge in [-0.25, -0.2) is 4.98 Å². The Kier molecular flexibility index (Phi) is 4.63. The van der Waals surface area contributed by atoms with Gasteiger partial charge in [-0.15, -0.1) is 22.7 Å². The summed E-state index contributed by atoms with van der Waals surface area (Å²) in [6, 6.07) is 12.3. The highest BCUT2D eigenvalue weighted by Gasteiger charge is 2.09. The first-order chi connectivity index (χ1) is 12.3. The molecule has 0 aliphatic carbocycles. The van der Waals surface area contributed by atoms with Gasteiger partial charge < -0.3 is 10.3 Å². The van der Waals surface area contributed by atoms with Crippen LogP contribution in [-0.2, 0) is 11.2 Å². The molecule has 0 saturated heterocycles. The van der Waals surface area contributed by atoms with Crippen molar-refractivity contribution in [3.8, 4) is 10.6 Å². The van der Waals surface area contributed by atoms with E-state index in [1.54, 1.807) is 11.3 Å². The van der Waals surface area contributed by atoms with E-state index in [1.807, 2.05) is 41.2 Å². The van der Waals surface area contributed by atoms with E-state index in [1.165, 1.54) is 22.3 Å². The summed E-state index contributed by atoms with van der Waals surface area (Å²) >= 11 is 3.12. The van der Waals surface area contributed by atoms with Gasteiger partial charge in [-0.05, 0) is 35.9 Å². The third kappa shape index (κ3) is 3.65. The van der Waals surface area contributed by atoms with Crippen molar-refractivity contribution in [2.75, 3.05) is 5.32 Å². The Morgan fingerprint density at radius 1 is 1.16 bits per heavy atom. The molecule has 6 heteroatoms. The van der Waals surface area contributed by atoms with E-state index in [9.17, 15) is 4.79 Å². The van der Waals surface area contributed by atoms with Crippen LogP contribution in [0.4, 0.5) is 5.13 Å². The average molecular weight is 367 g/mol. The fourth-order valence-corrected chi connectivity index (χ4v) is 4.32. The number of nitrogens with one attached hydrogen (secondary N) is 2. The number of hydrogen-bond donors (Lipinski definition) is 2. The number of thiophene rings is 1. The van der Waals surface area contributed by atoms with Gasteiger partial charge in [0.25, 0.3) is 0 Å².